The number of hydrogen-bond acceptors (Lipinski definition) is 8. The fraction of sp³-hybridized carbons (Fsp3) is 0.412. The Morgan fingerprint density at radius 1 is 1.02 bits per heavy atom. The SMILES string of the molecule is Cc1nc2ccc(N3C[C@@H](C)O[C@@H](C)C3)nn2c1C#Cc1cncc(C(=O)Nc2ccc(CN3CCN(C)CC3)c(C(F)(F)F)c2)c1. The van der Waals surface area contributed by atoms with Crippen molar-refractivity contribution >= 4 is 23.1 Å². The van der Waals surface area contributed by atoms with Crippen LogP contribution in [-0.4, -0.2) is 93.8 Å². The van der Waals surface area contributed by atoms with Crippen LogP contribution in [-0.2, 0) is 17.5 Å². The van der Waals surface area contributed by atoms with Gasteiger partial charge in [-0.25, -0.2) is 9.50 Å². The molecule has 13 heteroatoms. The molecule has 3 aromatic heterocycles. The molecular formula is C34H37F3N8O2. The van der Waals surface area contributed by atoms with Gasteiger partial charge in [-0.15, -0.1) is 5.10 Å². The maximum Gasteiger partial charge on any atom is 0.416 e. The van der Waals surface area contributed by atoms with Crippen LogP contribution in [0.2, 0.25) is 0 Å². The van der Waals surface area contributed by atoms with Crippen molar-refractivity contribution in [2.45, 2.75) is 45.7 Å². The molecule has 2 atom stereocenters. The lowest BCUT2D eigenvalue weighted by atomic mass is 10.0. The van der Waals surface area contributed by atoms with Crippen LogP contribution < -0.4 is 10.2 Å². The van der Waals surface area contributed by atoms with E-state index >= 15 is 0 Å². The van der Waals surface area contributed by atoms with E-state index in [4.69, 9.17) is 9.84 Å². The first-order valence-corrected chi connectivity index (χ1v) is 15.6. The molecule has 1 amide bonds. The zero-order chi connectivity index (χ0) is 33.3. The van der Waals surface area contributed by atoms with Gasteiger partial charge in [0, 0.05) is 69.5 Å². The highest BCUT2D eigenvalue weighted by molar-refractivity contribution is 6.04. The molecule has 0 bridgehead atoms. The maximum atomic E-state index is 14.1. The summed E-state index contributed by atoms with van der Waals surface area (Å²) in [6, 6.07) is 9.33. The predicted octanol–water partition coefficient (Wildman–Crippen LogP) is 4.46. The first-order chi connectivity index (χ1) is 22.4. The van der Waals surface area contributed by atoms with Gasteiger partial charge in [0.2, 0.25) is 0 Å². The van der Waals surface area contributed by atoms with Crippen LogP contribution in [0.5, 0.6) is 0 Å². The Hall–Kier alpha value is -4.51. The number of anilines is 2. The number of hydrogen-bond donors (Lipinski definition) is 1. The number of amides is 1. The smallest absolute Gasteiger partial charge is 0.372 e. The molecule has 0 saturated carbocycles. The van der Waals surface area contributed by atoms with E-state index < -0.39 is 17.6 Å². The molecule has 2 saturated heterocycles. The van der Waals surface area contributed by atoms with Crippen LogP contribution in [0.1, 0.15) is 52.3 Å². The summed E-state index contributed by atoms with van der Waals surface area (Å²) in [5.41, 5.74) is 2.04. The minimum Gasteiger partial charge on any atom is -0.372 e. The number of nitrogens with one attached hydrogen (secondary N) is 1. The van der Waals surface area contributed by atoms with Crippen molar-refractivity contribution in [3.8, 4) is 11.8 Å². The van der Waals surface area contributed by atoms with E-state index in [-0.39, 0.29) is 35.6 Å². The van der Waals surface area contributed by atoms with Crippen LogP contribution in [0.4, 0.5) is 24.7 Å². The Morgan fingerprint density at radius 3 is 2.49 bits per heavy atom. The Balaban J connectivity index is 1.20. The van der Waals surface area contributed by atoms with Gasteiger partial charge in [0.1, 0.15) is 11.5 Å². The second-order valence-electron chi connectivity index (χ2n) is 12.3. The van der Waals surface area contributed by atoms with Crippen LogP contribution in [0.25, 0.3) is 5.65 Å². The van der Waals surface area contributed by atoms with Crippen molar-refractivity contribution in [3.63, 3.8) is 0 Å². The van der Waals surface area contributed by atoms with Gasteiger partial charge in [0.05, 0.1) is 29.0 Å². The maximum absolute atomic E-state index is 14.1. The number of carbonyl (C=O) groups excluding carboxylic acids is 1. The van der Waals surface area contributed by atoms with Crippen LogP contribution >= 0.6 is 0 Å². The average Bonchev–Trinajstić information content (AvgIpc) is 3.34. The van der Waals surface area contributed by atoms with Gasteiger partial charge in [-0.05, 0) is 69.6 Å². The number of imidazole rings is 1. The highest BCUT2D eigenvalue weighted by Gasteiger charge is 2.34. The number of fused-ring (bicyclic) bond motifs is 1. The molecule has 0 radical (unpaired) electrons. The van der Waals surface area contributed by atoms with E-state index in [9.17, 15) is 18.0 Å². The highest BCUT2D eigenvalue weighted by Crippen LogP contribution is 2.35. The second kappa shape index (κ2) is 13.3. The standard InChI is InChI=1S/C34H37F3N8O2/c1-22-19-44(20-23(2)47-22)32-10-9-31-39-24(3)30(45(31)41-32)8-5-25-15-27(18-38-17-25)33(46)40-28-7-6-26(29(16-28)34(35,36)37)21-43-13-11-42(4)12-14-43/h6-7,9-10,15-18,22-23H,11-14,19-21H2,1-4H3,(H,40,46)/t22-,23+. The number of halogens is 3. The minimum absolute atomic E-state index is 0.0493. The summed E-state index contributed by atoms with van der Waals surface area (Å²) in [4.78, 5) is 28.2. The molecule has 0 aliphatic carbocycles. The first kappa shape index (κ1) is 32.4. The number of pyridine rings is 1. The van der Waals surface area contributed by atoms with Crippen molar-refractivity contribution in [2.75, 3.05) is 56.5 Å². The van der Waals surface area contributed by atoms with Crippen LogP contribution in [0, 0.1) is 18.8 Å². The monoisotopic (exact) mass is 646 g/mol. The lowest BCUT2D eigenvalue weighted by Gasteiger charge is -2.35. The number of piperazine rings is 1. The number of aromatic nitrogens is 4. The first-order valence-electron chi connectivity index (χ1n) is 15.6. The lowest BCUT2D eigenvalue weighted by Crippen LogP contribution is -2.46. The van der Waals surface area contributed by atoms with Crippen molar-refractivity contribution in [1.29, 1.82) is 0 Å². The van der Waals surface area contributed by atoms with E-state index in [2.05, 4.69) is 36.9 Å². The predicted molar refractivity (Wildman–Crippen MR) is 172 cm³/mol. The number of ether oxygens (including phenoxy) is 1. The molecule has 2 aliphatic rings. The zero-order valence-corrected chi connectivity index (χ0v) is 26.8. The summed E-state index contributed by atoms with van der Waals surface area (Å²) in [6.45, 7) is 10.5. The number of carbonyl (C=O) groups is 1. The van der Waals surface area contributed by atoms with Gasteiger partial charge in [-0.2, -0.15) is 13.2 Å². The van der Waals surface area contributed by atoms with Gasteiger partial charge in [0.15, 0.2) is 5.65 Å². The third-order valence-electron chi connectivity index (χ3n) is 8.37. The van der Waals surface area contributed by atoms with Gasteiger partial charge in [-0.3, -0.25) is 14.7 Å². The Morgan fingerprint density at radius 2 is 1.77 bits per heavy atom. The van der Waals surface area contributed by atoms with Crippen LogP contribution in [0.3, 0.4) is 0 Å². The molecule has 0 unspecified atom stereocenters. The Kier molecular flexibility index (Phi) is 9.18. The summed E-state index contributed by atoms with van der Waals surface area (Å²) in [7, 11) is 2.00. The zero-order valence-electron chi connectivity index (χ0n) is 26.8. The van der Waals surface area contributed by atoms with Gasteiger partial charge < -0.3 is 19.9 Å². The quantitative estimate of drug-likeness (QED) is 0.318. The molecular weight excluding hydrogens is 609 g/mol. The molecule has 0 spiro atoms. The molecule has 5 heterocycles. The summed E-state index contributed by atoms with van der Waals surface area (Å²) in [5, 5.41) is 7.41. The number of morpholine rings is 1. The third-order valence-corrected chi connectivity index (χ3v) is 8.37. The number of likely N-dealkylation sites (N-methyl/N-ethyl adjacent to an activating group) is 1. The van der Waals surface area contributed by atoms with Crippen molar-refractivity contribution in [3.05, 3.63) is 82.4 Å². The molecule has 1 N–H and O–H groups in total. The number of alkyl halides is 3. The fourth-order valence-corrected chi connectivity index (χ4v) is 5.98. The van der Waals surface area contributed by atoms with Gasteiger partial charge in [-0.1, -0.05) is 12.0 Å². The second-order valence-corrected chi connectivity index (χ2v) is 12.3. The fourth-order valence-electron chi connectivity index (χ4n) is 5.98. The van der Waals surface area contributed by atoms with Gasteiger partial charge >= 0.3 is 6.18 Å². The van der Waals surface area contributed by atoms with Gasteiger partial charge in [0.25, 0.3) is 5.91 Å². The highest BCUT2D eigenvalue weighted by atomic mass is 19.4. The Bertz CT molecular complexity index is 1830. The third kappa shape index (κ3) is 7.56. The summed E-state index contributed by atoms with van der Waals surface area (Å²) < 4.78 is 49.7. The number of aryl methyl sites for hydroxylation is 1. The molecule has 1 aromatic carbocycles. The van der Waals surface area contributed by atoms with Crippen molar-refractivity contribution in [2.24, 2.45) is 0 Å². The molecule has 47 heavy (non-hydrogen) atoms. The number of nitrogens with zero attached hydrogens (tertiary/aromatic N) is 7. The summed E-state index contributed by atoms with van der Waals surface area (Å²) >= 11 is 0. The molecule has 2 aliphatic heterocycles. The molecule has 4 aromatic rings. The number of rotatable bonds is 5. The van der Waals surface area contributed by atoms with E-state index in [1.54, 1.807) is 10.6 Å². The van der Waals surface area contributed by atoms with Crippen molar-refractivity contribution < 1.29 is 22.7 Å². The lowest BCUT2D eigenvalue weighted by molar-refractivity contribution is -0.138. The van der Waals surface area contributed by atoms with E-state index in [1.807, 2.05) is 44.9 Å². The van der Waals surface area contributed by atoms with E-state index in [0.717, 1.165) is 38.1 Å². The number of benzene rings is 1. The molecule has 6 rings (SSSR count). The molecule has 10 nitrogen and oxygen atoms in total. The minimum atomic E-state index is -4.57. The van der Waals surface area contributed by atoms with E-state index in [1.165, 1.54) is 24.5 Å². The molecule has 246 valence electrons. The Labute approximate surface area is 271 Å². The largest absolute Gasteiger partial charge is 0.416 e. The summed E-state index contributed by atoms with van der Waals surface area (Å²) in [6.07, 6.45) is -1.54. The molecule has 2 fully saturated rings. The normalized spacial score (nSPS) is 19.4. The van der Waals surface area contributed by atoms with E-state index in [0.29, 0.717) is 35.7 Å². The summed E-state index contributed by atoms with van der Waals surface area (Å²) in [5.74, 6) is 6.37. The van der Waals surface area contributed by atoms with Crippen LogP contribution in [0.15, 0.2) is 48.8 Å². The average molecular weight is 647 g/mol. The topological polar surface area (TPSA) is 91.1 Å². The van der Waals surface area contributed by atoms with Crippen molar-refractivity contribution in [1.82, 2.24) is 29.4 Å².